The van der Waals surface area contributed by atoms with E-state index in [1.165, 1.54) is 6.20 Å². The van der Waals surface area contributed by atoms with E-state index in [0.29, 0.717) is 16.7 Å². The fraction of sp³-hybridized carbons (Fsp3) is 0.231. The Balaban J connectivity index is 2.40. The summed E-state index contributed by atoms with van der Waals surface area (Å²) in [5.74, 6) is 1.27. The lowest BCUT2D eigenvalue weighted by molar-refractivity contribution is 0.453. The summed E-state index contributed by atoms with van der Waals surface area (Å²) in [6.07, 6.45) is 1.42. The normalized spacial score (nSPS) is 10.8. The van der Waals surface area contributed by atoms with Gasteiger partial charge in [0.25, 0.3) is 0 Å². The second kappa shape index (κ2) is 6.07. The Morgan fingerprint density at radius 2 is 2.00 bits per heavy atom. The Morgan fingerprint density at radius 3 is 2.68 bits per heavy atom. The Morgan fingerprint density at radius 1 is 1.26 bits per heavy atom. The van der Waals surface area contributed by atoms with Gasteiger partial charge in [0.05, 0.1) is 6.20 Å². The molecule has 6 heteroatoms. The van der Waals surface area contributed by atoms with Crippen molar-refractivity contribution in [1.82, 2.24) is 9.97 Å². The number of hydrogen-bond acceptors (Lipinski definition) is 3. The van der Waals surface area contributed by atoms with E-state index in [4.69, 9.17) is 27.9 Å². The van der Waals surface area contributed by atoms with E-state index < -0.39 is 0 Å². The van der Waals surface area contributed by atoms with E-state index in [-0.39, 0.29) is 11.2 Å². The second-order valence-electron chi connectivity index (χ2n) is 4.23. The van der Waals surface area contributed by atoms with Crippen molar-refractivity contribution in [2.24, 2.45) is 0 Å². The maximum Gasteiger partial charge on any atom is 0.242 e. The first-order valence-corrected chi connectivity index (χ1v) is 7.17. The van der Waals surface area contributed by atoms with Crippen LogP contribution >= 0.6 is 39.1 Å². The first kappa shape index (κ1) is 14.6. The highest BCUT2D eigenvalue weighted by Gasteiger charge is 2.13. The zero-order valence-corrected chi connectivity index (χ0v) is 13.4. The van der Waals surface area contributed by atoms with Crippen molar-refractivity contribution in [3.05, 3.63) is 44.7 Å². The maximum atomic E-state index is 5.99. The van der Waals surface area contributed by atoms with Gasteiger partial charge in [-0.05, 0) is 41.3 Å². The van der Waals surface area contributed by atoms with Crippen LogP contribution in [0, 0.1) is 0 Å². The number of hydrogen-bond donors (Lipinski definition) is 0. The molecule has 1 aromatic carbocycles. The topological polar surface area (TPSA) is 35.0 Å². The van der Waals surface area contributed by atoms with Crippen LogP contribution in [0.25, 0.3) is 0 Å². The number of nitrogens with zero attached hydrogens (tertiary/aromatic N) is 2. The van der Waals surface area contributed by atoms with E-state index >= 15 is 0 Å². The molecule has 0 aliphatic carbocycles. The Kier molecular flexibility index (Phi) is 4.66. The van der Waals surface area contributed by atoms with Crippen molar-refractivity contribution < 1.29 is 4.74 Å². The SMILES string of the molecule is CC(C)c1cc(Br)ccc1Oc1nc(Cl)ncc1Cl. The van der Waals surface area contributed by atoms with Gasteiger partial charge in [-0.3, -0.25) is 0 Å². The molecule has 0 bridgehead atoms. The molecule has 0 unspecified atom stereocenters. The molecule has 0 amide bonds. The van der Waals surface area contributed by atoms with Crippen molar-refractivity contribution in [3.8, 4) is 11.6 Å². The predicted octanol–water partition coefficient (Wildman–Crippen LogP) is 5.46. The third-order valence-electron chi connectivity index (χ3n) is 2.48. The third kappa shape index (κ3) is 3.59. The van der Waals surface area contributed by atoms with Gasteiger partial charge >= 0.3 is 0 Å². The number of rotatable bonds is 3. The van der Waals surface area contributed by atoms with Gasteiger partial charge in [-0.1, -0.05) is 41.4 Å². The smallest absolute Gasteiger partial charge is 0.242 e. The van der Waals surface area contributed by atoms with Gasteiger partial charge in [-0.2, -0.15) is 4.98 Å². The van der Waals surface area contributed by atoms with Crippen LogP contribution in [0.3, 0.4) is 0 Å². The molecule has 0 saturated heterocycles. The Labute approximate surface area is 130 Å². The second-order valence-corrected chi connectivity index (χ2v) is 5.89. The summed E-state index contributed by atoms with van der Waals surface area (Å²) >= 11 is 15.2. The van der Waals surface area contributed by atoms with Gasteiger partial charge in [-0.15, -0.1) is 0 Å². The molecule has 1 heterocycles. The molecule has 0 N–H and O–H groups in total. The summed E-state index contributed by atoms with van der Waals surface area (Å²) < 4.78 is 6.74. The molecule has 1 aromatic heterocycles. The fourth-order valence-electron chi connectivity index (χ4n) is 1.57. The fourth-order valence-corrected chi connectivity index (χ4v) is 2.20. The van der Waals surface area contributed by atoms with Crippen LogP contribution in [0.5, 0.6) is 11.6 Å². The van der Waals surface area contributed by atoms with Crippen molar-refractivity contribution >= 4 is 39.1 Å². The minimum absolute atomic E-state index is 0.0996. The van der Waals surface area contributed by atoms with Gasteiger partial charge < -0.3 is 4.74 Å². The minimum atomic E-state index is 0.0996. The Hall–Kier alpha value is -0.840. The molecule has 2 aromatic rings. The van der Waals surface area contributed by atoms with Crippen molar-refractivity contribution in [2.45, 2.75) is 19.8 Å². The van der Waals surface area contributed by atoms with Crippen LogP contribution in [0.1, 0.15) is 25.3 Å². The standard InChI is InChI=1S/C13H11BrCl2N2O/c1-7(2)9-5-8(14)3-4-11(9)19-12-10(15)6-17-13(16)18-12/h3-7H,1-2H3. The summed E-state index contributed by atoms with van der Waals surface area (Å²) in [7, 11) is 0. The van der Waals surface area contributed by atoms with E-state index in [0.717, 1.165) is 10.0 Å². The predicted molar refractivity (Wildman–Crippen MR) is 80.4 cm³/mol. The molecule has 0 saturated carbocycles. The molecule has 0 fully saturated rings. The summed E-state index contributed by atoms with van der Waals surface area (Å²) in [6.45, 7) is 4.17. The highest BCUT2D eigenvalue weighted by Crippen LogP contribution is 2.34. The molecule has 2 rings (SSSR count). The van der Waals surface area contributed by atoms with E-state index in [2.05, 4.69) is 39.7 Å². The highest BCUT2D eigenvalue weighted by molar-refractivity contribution is 9.10. The van der Waals surface area contributed by atoms with Crippen LogP contribution in [0.2, 0.25) is 10.3 Å². The molecular weight excluding hydrogens is 351 g/mol. The summed E-state index contributed by atoms with van der Waals surface area (Å²) in [5, 5.41) is 0.421. The summed E-state index contributed by atoms with van der Waals surface area (Å²) in [5.41, 5.74) is 1.06. The zero-order valence-electron chi connectivity index (χ0n) is 10.3. The third-order valence-corrected chi connectivity index (χ3v) is 3.42. The Bertz CT molecular complexity index is 605. The van der Waals surface area contributed by atoms with Gasteiger partial charge in [-0.25, -0.2) is 4.98 Å². The number of ether oxygens (including phenoxy) is 1. The monoisotopic (exact) mass is 360 g/mol. The lowest BCUT2D eigenvalue weighted by Crippen LogP contribution is -1.97. The molecule has 19 heavy (non-hydrogen) atoms. The molecule has 0 atom stereocenters. The summed E-state index contributed by atoms with van der Waals surface area (Å²) in [6, 6.07) is 5.78. The van der Waals surface area contributed by atoms with Crippen LogP contribution in [-0.4, -0.2) is 9.97 Å². The van der Waals surface area contributed by atoms with E-state index in [9.17, 15) is 0 Å². The van der Waals surface area contributed by atoms with E-state index in [1.54, 1.807) is 0 Å². The maximum absolute atomic E-state index is 5.99. The van der Waals surface area contributed by atoms with Crippen LogP contribution < -0.4 is 4.74 Å². The average molecular weight is 362 g/mol. The van der Waals surface area contributed by atoms with Gasteiger partial charge in [0.15, 0.2) is 0 Å². The molecule has 100 valence electrons. The number of aromatic nitrogens is 2. The largest absolute Gasteiger partial charge is 0.437 e. The molecular formula is C13H11BrCl2N2O. The quantitative estimate of drug-likeness (QED) is 0.680. The minimum Gasteiger partial charge on any atom is -0.437 e. The first-order chi connectivity index (χ1) is 8.97. The lowest BCUT2D eigenvalue weighted by Gasteiger charge is -2.14. The molecule has 3 nitrogen and oxygen atoms in total. The number of benzene rings is 1. The van der Waals surface area contributed by atoms with Crippen molar-refractivity contribution in [2.75, 3.05) is 0 Å². The number of halogens is 3. The van der Waals surface area contributed by atoms with Crippen LogP contribution in [-0.2, 0) is 0 Å². The zero-order chi connectivity index (χ0) is 14.0. The van der Waals surface area contributed by atoms with Crippen LogP contribution in [0.4, 0.5) is 0 Å². The molecule has 0 aliphatic heterocycles. The molecule has 0 aliphatic rings. The lowest BCUT2D eigenvalue weighted by atomic mass is 10.0. The van der Waals surface area contributed by atoms with E-state index in [1.807, 2.05) is 18.2 Å². The molecule has 0 spiro atoms. The average Bonchev–Trinajstić information content (AvgIpc) is 2.35. The summed E-state index contributed by atoms with van der Waals surface area (Å²) in [4.78, 5) is 7.77. The van der Waals surface area contributed by atoms with Crippen molar-refractivity contribution in [3.63, 3.8) is 0 Å². The first-order valence-electron chi connectivity index (χ1n) is 5.62. The molecule has 0 radical (unpaired) electrons. The van der Waals surface area contributed by atoms with Crippen molar-refractivity contribution in [1.29, 1.82) is 0 Å². The van der Waals surface area contributed by atoms with Gasteiger partial charge in [0, 0.05) is 4.47 Å². The van der Waals surface area contributed by atoms with Gasteiger partial charge in [0.1, 0.15) is 10.8 Å². The van der Waals surface area contributed by atoms with Gasteiger partial charge in [0.2, 0.25) is 11.2 Å². The van der Waals surface area contributed by atoms with Crippen LogP contribution in [0.15, 0.2) is 28.9 Å². The highest BCUT2D eigenvalue weighted by atomic mass is 79.9.